The maximum Gasteiger partial charge on any atom is 0.291 e. The number of oxazole rings is 1. The highest BCUT2D eigenvalue weighted by Crippen LogP contribution is 2.22. The molecule has 1 aliphatic carbocycles. The van der Waals surface area contributed by atoms with Crippen molar-refractivity contribution >= 4 is 5.91 Å². The molecule has 1 aromatic heterocycles. The molecule has 2 rings (SSSR count). The van der Waals surface area contributed by atoms with Crippen LogP contribution in [0.2, 0.25) is 0 Å². The van der Waals surface area contributed by atoms with E-state index in [1.165, 1.54) is 6.39 Å². The Hall–Kier alpha value is -1.36. The molecule has 0 saturated heterocycles. The minimum Gasteiger partial charge on any atom is -0.438 e. The van der Waals surface area contributed by atoms with Gasteiger partial charge in [-0.15, -0.1) is 0 Å². The van der Waals surface area contributed by atoms with Crippen LogP contribution in [0.3, 0.4) is 0 Å². The van der Waals surface area contributed by atoms with Crippen molar-refractivity contribution in [1.82, 2.24) is 9.88 Å². The summed E-state index contributed by atoms with van der Waals surface area (Å²) in [6, 6.07) is 0.563. The second-order valence-electron chi connectivity index (χ2n) is 4.75. The normalized spacial score (nSPS) is 24.6. The highest BCUT2D eigenvalue weighted by Gasteiger charge is 2.27. The third kappa shape index (κ3) is 2.49. The Balaban J connectivity index is 2.03. The lowest BCUT2D eigenvalue weighted by molar-refractivity contribution is 0.0657. The van der Waals surface area contributed by atoms with E-state index in [4.69, 9.17) is 10.2 Å². The number of carbonyl (C=O) groups is 1. The highest BCUT2D eigenvalue weighted by atomic mass is 16.3. The van der Waals surface area contributed by atoms with Crippen LogP contribution in [-0.2, 0) is 0 Å². The molecule has 17 heavy (non-hydrogen) atoms. The second kappa shape index (κ2) is 4.87. The van der Waals surface area contributed by atoms with Crippen molar-refractivity contribution in [1.29, 1.82) is 0 Å². The SMILES string of the molecule is Cc1ncoc1C(=O)N(C)C1CCC(N)CC1. The largest absolute Gasteiger partial charge is 0.438 e. The summed E-state index contributed by atoms with van der Waals surface area (Å²) in [7, 11) is 1.83. The number of nitrogens with zero attached hydrogens (tertiary/aromatic N) is 2. The van der Waals surface area contributed by atoms with Crippen molar-refractivity contribution in [3.63, 3.8) is 0 Å². The van der Waals surface area contributed by atoms with Crippen molar-refractivity contribution < 1.29 is 9.21 Å². The van der Waals surface area contributed by atoms with Gasteiger partial charge in [0.05, 0.1) is 5.69 Å². The summed E-state index contributed by atoms with van der Waals surface area (Å²) in [4.78, 5) is 17.9. The van der Waals surface area contributed by atoms with Gasteiger partial charge < -0.3 is 15.1 Å². The summed E-state index contributed by atoms with van der Waals surface area (Å²) in [5.41, 5.74) is 6.51. The summed E-state index contributed by atoms with van der Waals surface area (Å²) < 4.78 is 5.13. The van der Waals surface area contributed by atoms with E-state index in [-0.39, 0.29) is 11.9 Å². The summed E-state index contributed by atoms with van der Waals surface area (Å²) >= 11 is 0. The zero-order valence-electron chi connectivity index (χ0n) is 10.3. The number of hydrogen-bond donors (Lipinski definition) is 1. The number of nitrogens with two attached hydrogens (primary N) is 1. The first-order valence-corrected chi connectivity index (χ1v) is 6.02. The molecule has 0 bridgehead atoms. The average Bonchev–Trinajstić information content (AvgIpc) is 2.74. The standard InChI is InChI=1S/C12H19N3O2/c1-8-11(17-7-14-8)12(16)15(2)10-5-3-9(13)4-6-10/h7,9-10H,3-6,13H2,1-2H3. The predicted molar refractivity (Wildman–Crippen MR) is 63.6 cm³/mol. The fraction of sp³-hybridized carbons (Fsp3) is 0.667. The van der Waals surface area contributed by atoms with Crippen molar-refractivity contribution in [3.05, 3.63) is 17.8 Å². The molecule has 1 aromatic rings. The van der Waals surface area contributed by atoms with Gasteiger partial charge in [0.15, 0.2) is 6.39 Å². The van der Waals surface area contributed by atoms with Crippen molar-refractivity contribution in [3.8, 4) is 0 Å². The van der Waals surface area contributed by atoms with Crippen LogP contribution in [-0.4, -0.2) is 34.9 Å². The van der Waals surface area contributed by atoms with Crippen LogP contribution < -0.4 is 5.73 Å². The van der Waals surface area contributed by atoms with Gasteiger partial charge in [0.1, 0.15) is 0 Å². The lowest BCUT2D eigenvalue weighted by Crippen LogP contribution is -2.41. The van der Waals surface area contributed by atoms with Crippen LogP contribution in [0.15, 0.2) is 10.8 Å². The maximum atomic E-state index is 12.2. The Morgan fingerprint density at radius 3 is 2.65 bits per heavy atom. The first-order chi connectivity index (χ1) is 8.09. The third-order valence-electron chi connectivity index (χ3n) is 3.55. The number of carbonyl (C=O) groups excluding carboxylic acids is 1. The molecule has 1 amide bonds. The Morgan fingerprint density at radius 2 is 2.12 bits per heavy atom. The van der Waals surface area contributed by atoms with Gasteiger partial charge in [-0.25, -0.2) is 4.98 Å². The number of rotatable bonds is 2. The molecule has 5 nitrogen and oxygen atoms in total. The average molecular weight is 237 g/mol. The smallest absolute Gasteiger partial charge is 0.291 e. The van der Waals surface area contributed by atoms with Crippen LogP contribution in [0.25, 0.3) is 0 Å². The number of aromatic nitrogens is 1. The van der Waals surface area contributed by atoms with Crippen molar-refractivity contribution in [2.45, 2.75) is 44.7 Å². The van der Waals surface area contributed by atoms with Gasteiger partial charge in [-0.3, -0.25) is 4.79 Å². The minimum atomic E-state index is -0.0829. The van der Waals surface area contributed by atoms with E-state index in [0.29, 0.717) is 17.5 Å². The van der Waals surface area contributed by atoms with Crippen LogP contribution >= 0.6 is 0 Å². The Labute approximate surface area is 101 Å². The van der Waals surface area contributed by atoms with Gasteiger partial charge in [0.2, 0.25) is 5.76 Å². The molecular weight excluding hydrogens is 218 g/mol. The molecule has 0 aromatic carbocycles. The van der Waals surface area contributed by atoms with E-state index < -0.39 is 0 Å². The predicted octanol–water partition coefficient (Wildman–Crippen LogP) is 1.32. The van der Waals surface area contributed by atoms with Crippen LogP contribution in [0, 0.1) is 6.92 Å². The molecule has 0 radical (unpaired) electrons. The van der Waals surface area contributed by atoms with E-state index in [1.54, 1.807) is 11.8 Å². The zero-order valence-corrected chi connectivity index (χ0v) is 10.3. The lowest BCUT2D eigenvalue weighted by Gasteiger charge is -2.33. The first-order valence-electron chi connectivity index (χ1n) is 6.02. The monoisotopic (exact) mass is 237 g/mol. The molecule has 1 fully saturated rings. The summed E-state index contributed by atoms with van der Waals surface area (Å²) in [6.07, 6.45) is 5.22. The molecule has 0 unspecified atom stereocenters. The van der Waals surface area contributed by atoms with Gasteiger partial charge >= 0.3 is 0 Å². The fourth-order valence-corrected chi connectivity index (χ4v) is 2.32. The van der Waals surface area contributed by atoms with Crippen LogP contribution in [0.5, 0.6) is 0 Å². The Bertz CT molecular complexity index is 394. The molecule has 5 heteroatoms. The van der Waals surface area contributed by atoms with E-state index in [1.807, 2.05) is 7.05 Å². The fourth-order valence-electron chi connectivity index (χ4n) is 2.32. The molecule has 1 heterocycles. The molecule has 1 saturated carbocycles. The maximum absolute atomic E-state index is 12.2. The second-order valence-corrected chi connectivity index (χ2v) is 4.75. The van der Waals surface area contributed by atoms with Crippen molar-refractivity contribution in [2.24, 2.45) is 5.73 Å². The Morgan fingerprint density at radius 1 is 1.47 bits per heavy atom. The van der Waals surface area contributed by atoms with Gasteiger partial charge in [0, 0.05) is 19.1 Å². The first kappa shape index (κ1) is 12.1. The topological polar surface area (TPSA) is 72.4 Å². The quantitative estimate of drug-likeness (QED) is 0.842. The van der Waals surface area contributed by atoms with Crippen molar-refractivity contribution in [2.75, 3.05) is 7.05 Å². The zero-order chi connectivity index (χ0) is 12.4. The minimum absolute atomic E-state index is 0.0829. The molecular formula is C12H19N3O2. The number of amides is 1. The van der Waals surface area contributed by atoms with E-state index >= 15 is 0 Å². The summed E-state index contributed by atoms with van der Waals surface area (Å²) in [5, 5.41) is 0. The van der Waals surface area contributed by atoms with Crippen LogP contribution in [0.4, 0.5) is 0 Å². The van der Waals surface area contributed by atoms with E-state index in [9.17, 15) is 4.79 Å². The van der Waals surface area contributed by atoms with E-state index in [0.717, 1.165) is 25.7 Å². The van der Waals surface area contributed by atoms with Gasteiger partial charge in [-0.2, -0.15) is 0 Å². The molecule has 0 aliphatic heterocycles. The van der Waals surface area contributed by atoms with Crippen LogP contribution in [0.1, 0.15) is 41.9 Å². The van der Waals surface area contributed by atoms with E-state index in [2.05, 4.69) is 4.98 Å². The molecule has 2 N–H and O–H groups in total. The lowest BCUT2D eigenvalue weighted by atomic mass is 9.91. The number of aryl methyl sites for hydroxylation is 1. The summed E-state index contributed by atoms with van der Waals surface area (Å²) in [6.45, 7) is 1.78. The van der Waals surface area contributed by atoms with Gasteiger partial charge in [0.25, 0.3) is 5.91 Å². The third-order valence-corrected chi connectivity index (χ3v) is 3.55. The molecule has 0 atom stereocenters. The Kier molecular flexibility index (Phi) is 3.47. The molecule has 94 valence electrons. The highest BCUT2D eigenvalue weighted by molar-refractivity contribution is 5.92. The molecule has 1 aliphatic rings. The number of hydrogen-bond acceptors (Lipinski definition) is 4. The van der Waals surface area contributed by atoms with Gasteiger partial charge in [-0.1, -0.05) is 0 Å². The summed E-state index contributed by atoms with van der Waals surface area (Å²) in [5.74, 6) is 0.267. The van der Waals surface area contributed by atoms with Gasteiger partial charge in [-0.05, 0) is 32.6 Å². The molecule has 0 spiro atoms.